The van der Waals surface area contributed by atoms with E-state index in [1.54, 1.807) is 18.5 Å². The Labute approximate surface area is 104 Å². The molecule has 5 nitrogen and oxygen atoms in total. The number of hydrogen-bond acceptors (Lipinski definition) is 3. The summed E-state index contributed by atoms with van der Waals surface area (Å²) in [4.78, 5) is 4.27. The summed E-state index contributed by atoms with van der Waals surface area (Å²) in [5, 5.41) is 0.0784. The van der Waals surface area contributed by atoms with Gasteiger partial charge in [0.2, 0.25) is 0 Å². The normalized spacial score (nSPS) is 14.0. The van der Waals surface area contributed by atoms with Crippen LogP contribution >= 0.6 is 15.9 Å². The average molecular weight is 310 g/mol. The second-order valence-corrected chi connectivity index (χ2v) is 6.98. The molecule has 1 atom stereocenters. The molecule has 1 aromatic rings. The topological polar surface area (TPSA) is 64.0 Å². The van der Waals surface area contributed by atoms with Crippen LogP contribution in [0.4, 0.5) is 0 Å². The molecule has 1 N–H and O–H groups in total. The Morgan fingerprint density at radius 3 is 2.69 bits per heavy atom. The van der Waals surface area contributed by atoms with Crippen molar-refractivity contribution in [1.82, 2.24) is 14.3 Å². The molecule has 0 fully saturated rings. The molecule has 16 heavy (non-hydrogen) atoms. The summed E-state index contributed by atoms with van der Waals surface area (Å²) in [5.41, 5.74) is 0. The van der Waals surface area contributed by atoms with Gasteiger partial charge in [0.25, 0.3) is 10.0 Å². The van der Waals surface area contributed by atoms with E-state index in [-0.39, 0.29) is 5.03 Å². The van der Waals surface area contributed by atoms with Crippen LogP contribution in [0.15, 0.2) is 11.2 Å². The van der Waals surface area contributed by atoms with Crippen LogP contribution in [0.1, 0.15) is 19.2 Å². The van der Waals surface area contributed by atoms with Crippen LogP contribution in [0.3, 0.4) is 0 Å². The zero-order valence-corrected chi connectivity index (χ0v) is 12.0. The van der Waals surface area contributed by atoms with Crippen molar-refractivity contribution in [3.8, 4) is 0 Å². The number of imidazole rings is 1. The molecule has 1 heterocycles. The molecule has 1 rings (SSSR count). The molecular weight excluding hydrogens is 294 g/mol. The third-order valence-corrected chi connectivity index (χ3v) is 3.99. The maximum Gasteiger partial charge on any atom is 0.259 e. The van der Waals surface area contributed by atoms with E-state index in [1.807, 2.05) is 6.92 Å². The molecule has 0 aliphatic heterocycles. The summed E-state index contributed by atoms with van der Waals surface area (Å²) in [5.74, 6) is 0.675. The number of nitrogens with one attached hydrogen (secondary N) is 1. The molecule has 0 bridgehead atoms. The first-order valence-corrected chi connectivity index (χ1v) is 7.36. The smallest absolute Gasteiger partial charge is 0.259 e. The quantitative estimate of drug-likeness (QED) is 0.831. The molecule has 0 aliphatic carbocycles. The van der Waals surface area contributed by atoms with E-state index in [0.717, 1.165) is 6.42 Å². The van der Waals surface area contributed by atoms with Gasteiger partial charge in [-0.1, -0.05) is 22.9 Å². The van der Waals surface area contributed by atoms with Gasteiger partial charge < -0.3 is 4.57 Å². The highest BCUT2D eigenvalue weighted by Gasteiger charge is 2.17. The molecule has 0 saturated heterocycles. The van der Waals surface area contributed by atoms with E-state index < -0.39 is 10.0 Å². The third kappa shape index (κ3) is 3.57. The third-order valence-electron chi connectivity index (χ3n) is 2.20. The molecular formula is C9H16BrN3O2S. The lowest BCUT2D eigenvalue weighted by molar-refractivity contribution is 0.575. The van der Waals surface area contributed by atoms with Crippen molar-refractivity contribution in [2.75, 3.05) is 6.54 Å². The van der Waals surface area contributed by atoms with Gasteiger partial charge in [0, 0.05) is 24.6 Å². The van der Waals surface area contributed by atoms with Crippen molar-refractivity contribution in [1.29, 1.82) is 0 Å². The monoisotopic (exact) mass is 309 g/mol. The number of halogens is 1. The van der Waals surface area contributed by atoms with Gasteiger partial charge in [0.05, 0.1) is 0 Å². The zero-order valence-electron chi connectivity index (χ0n) is 9.57. The first-order valence-electron chi connectivity index (χ1n) is 4.96. The summed E-state index contributed by atoms with van der Waals surface area (Å²) in [6, 6.07) is 0. The van der Waals surface area contributed by atoms with Crippen molar-refractivity contribution in [3.63, 3.8) is 0 Å². The number of nitrogens with zero attached hydrogens (tertiary/aromatic N) is 2. The summed E-state index contributed by atoms with van der Waals surface area (Å²) in [7, 11) is -1.69. The average Bonchev–Trinajstić information content (AvgIpc) is 2.46. The lowest BCUT2D eigenvalue weighted by Crippen LogP contribution is -2.26. The summed E-state index contributed by atoms with van der Waals surface area (Å²) in [6.07, 6.45) is 2.25. The maximum atomic E-state index is 11.8. The Balaban J connectivity index is 2.71. The van der Waals surface area contributed by atoms with Crippen LogP contribution in [0.5, 0.6) is 0 Å². The van der Waals surface area contributed by atoms with Crippen molar-refractivity contribution < 1.29 is 8.42 Å². The van der Waals surface area contributed by atoms with E-state index in [4.69, 9.17) is 0 Å². The largest absolute Gasteiger partial charge is 0.337 e. The van der Waals surface area contributed by atoms with Gasteiger partial charge in [-0.25, -0.2) is 18.1 Å². The van der Waals surface area contributed by atoms with Gasteiger partial charge in [-0.15, -0.1) is 0 Å². The van der Waals surface area contributed by atoms with Crippen LogP contribution in [-0.2, 0) is 17.1 Å². The van der Waals surface area contributed by atoms with Crippen LogP contribution in [-0.4, -0.2) is 29.3 Å². The number of hydrogen-bond donors (Lipinski definition) is 1. The molecule has 0 saturated carbocycles. The first-order chi connectivity index (χ1) is 7.33. The van der Waals surface area contributed by atoms with Gasteiger partial charge in [-0.05, 0) is 13.3 Å². The number of aryl methyl sites for hydroxylation is 2. The Bertz CT molecular complexity index is 434. The Morgan fingerprint density at radius 2 is 2.25 bits per heavy atom. The highest BCUT2D eigenvalue weighted by molar-refractivity contribution is 9.09. The fraction of sp³-hybridized carbons (Fsp3) is 0.667. The lowest BCUT2D eigenvalue weighted by Gasteiger charge is -2.04. The van der Waals surface area contributed by atoms with Crippen molar-refractivity contribution >= 4 is 26.0 Å². The van der Waals surface area contributed by atoms with Gasteiger partial charge in [-0.3, -0.25) is 0 Å². The van der Waals surface area contributed by atoms with Gasteiger partial charge in [-0.2, -0.15) is 0 Å². The van der Waals surface area contributed by atoms with Gasteiger partial charge in [0.1, 0.15) is 5.82 Å². The van der Waals surface area contributed by atoms with Gasteiger partial charge in [0.15, 0.2) is 5.03 Å². The van der Waals surface area contributed by atoms with E-state index in [9.17, 15) is 8.42 Å². The first kappa shape index (κ1) is 13.7. The Kier molecular flexibility index (Phi) is 4.52. The molecule has 1 unspecified atom stereocenters. The number of aromatic nitrogens is 2. The number of sulfonamides is 1. The predicted molar refractivity (Wildman–Crippen MR) is 66.1 cm³/mol. The SMILES string of the molecule is Cc1nc(S(=O)(=O)NCCC(C)Br)cn1C. The van der Waals surface area contributed by atoms with Crippen LogP contribution in [0, 0.1) is 6.92 Å². The van der Waals surface area contributed by atoms with Crippen LogP contribution < -0.4 is 4.72 Å². The lowest BCUT2D eigenvalue weighted by atomic mass is 10.3. The molecule has 0 aromatic carbocycles. The molecule has 1 aromatic heterocycles. The van der Waals surface area contributed by atoms with Crippen LogP contribution in [0.2, 0.25) is 0 Å². The summed E-state index contributed by atoms with van der Waals surface area (Å²) >= 11 is 3.36. The standard InChI is InChI=1S/C9H16BrN3O2S/c1-7(10)4-5-11-16(14,15)9-6-13(3)8(2)12-9/h6-7,11H,4-5H2,1-3H3. The second kappa shape index (κ2) is 5.29. The highest BCUT2D eigenvalue weighted by atomic mass is 79.9. The number of alkyl halides is 1. The van der Waals surface area contributed by atoms with Crippen molar-refractivity contribution in [3.05, 3.63) is 12.0 Å². The van der Waals surface area contributed by atoms with E-state index >= 15 is 0 Å². The Morgan fingerprint density at radius 1 is 1.62 bits per heavy atom. The molecule has 0 radical (unpaired) electrons. The molecule has 0 aliphatic rings. The molecule has 92 valence electrons. The molecule has 7 heteroatoms. The highest BCUT2D eigenvalue weighted by Crippen LogP contribution is 2.08. The number of rotatable bonds is 5. The summed E-state index contributed by atoms with van der Waals surface area (Å²) < 4.78 is 27.7. The minimum atomic E-state index is -3.46. The molecule has 0 spiro atoms. The van der Waals surface area contributed by atoms with Crippen molar-refractivity contribution in [2.24, 2.45) is 7.05 Å². The van der Waals surface area contributed by atoms with E-state index in [0.29, 0.717) is 17.2 Å². The summed E-state index contributed by atoms with van der Waals surface area (Å²) in [6.45, 7) is 4.14. The van der Waals surface area contributed by atoms with Crippen LogP contribution in [0.25, 0.3) is 0 Å². The fourth-order valence-corrected chi connectivity index (χ4v) is 2.43. The minimum absolute atomic E-state index is 0.0784. The van der Waals surface area contributed by atoms with E-state index in [2.05, 4.69) is 25.6 Å². The Hall–Kier alpha value is -0.400. The predicted octanol–water partition coefficient (Wildman–Crippen LogP) is 1.18. The van der Waals surface area contributed by atoms with Crippen molar-refractivity contribution in [2.45, 2.75) is 30.1 Å². The minimum Gasteiger partial charge on any atom is -0.337 e. The fourth-order valence-electron chi connectivity index (χ4n) is 1.12. The van der Waals surface area contributed by atoms with Gasteiger partial charge >= 0.3 is 0 Å². The van der Waals surface area contributed by atoms with E-state index in [1.165, 1.54) is 6.20 Å². The molecule has 0 amide bonds. The zero-order chi connectivity index (χ0) is 12.3. The second-order valence-electron chi connectivity index (χ2n) is 3.70. The maximum absolute atomic E-state index is 11.8.